The average Bonchev–Trinajstić information content (AvgIpc) is 2.36. The second-order valence-corrected chi connectivity index (χ2v) is 2.70. The normalized spacial score (nSPS) is 17.8. The fourth-order valence-electron chi connectivity index (χ4n) is 1.24. The summed E-state index contributed by atoms with van der Waals surface area (Å²) in [6.07, 6.45) is 6.94. The van der Waals surface area contributed by atoms with E-state index in [0.717, 1.165) is 12.1 Å². The number of hydrogen-bond donors (Lipinski definition) is 0. The molecule has 0 aromatic carbocycles. The minimum atomic E-state index is 1.06. The molecule has 0 radical (unpaired) electrons. The van der Waals surface area contributed by atoms with Crippen molar-refractivity contribution >= 4 is 5.71 Å². The number of aliphatic imine (C=N–C) groups is 1. The van der Waals surface area contributed by atoms with Gasteiger partial charge in [-0.3, -0.25) is 4.99 Å². The number of nitrogens with zero attached hydrogens (tertiary/aromatic N) is 1. The Balaban J connectivity index is 2.90. The molecule has 58 valence electrons. The van der Waals surface area contributed by atoms with Crippen LogP contribution < -0.4 is 0 Å². The lowest BCUT2D eigenvalue weighted by Gasteiger charge is -1.99. The zero-order valence-electron chi connectivity index (χ0n) is 7.09. The highest BCUT2D eigenvalue weighted by Crippen LogP contribution is 2.19. The third-order valence-electron chi connectivity index (χ3n) is 1.84. The monoisotopic (exact) mass is 147 g/mol. The first kappa shape index (κ1) is 7.99. The molecule has 0 N–H and O–H groups in total. The second kappa shape index (κ2) is 3.33. The maximum absolute atomic E-state index is 4.13. The van der Waals surface area contributed by atoms with Gasteiger partial charge in [0.1, 0.15) is 0 Å². The van der Waals surface area contributed by atoms with E-state index < -0.39 is 0 Å². The first-order chi connectivity index (χ1) is 5.25. The van der Waals surface area contributed by atoms with Crippen LogP contribution >= 0.6 is 0 Å². The van der Waals surface area contributed by atoms with Crippen molar-refractivity contribution in [3.05, 3.63) is 36.1 Å². The summed E-state index contributed by atoms with van der Waals surface area (Å²) in [6, 6.07) is 0. The van der Waals surface area contributed by atoms with Crippen LogP contribution in [0.4, 0.5) is 0 Å². The lowest BCUT2D eigenvalue weighted by atomic mass is 10.1. The minimum absolute atomic E-state index is 1.06. The van der Waals surface area contributed by atoms with Crippen molar-refractivity contribution in [2.75, 3.05) is 0 Å². The van der Waals surface area contributed by atoms with Gasteiger partial charge in [0, 0.05) is 11.9 Å². The fourth-order valence-corrected chi connectivity index (χ4v) is 1.24. The van der Waals surface area contributed by atoms with Crippen LogP contribution in [0.25, 0.3) is 0 Å². The molecule has 11 heavy (non-hydrogen) atoms. The quantitative estimate of drug-likeness (QED) is 0.532. The first-order valence-electron chi connectivity index (χ1n) is 3.77. The van der Waals surface area contributed by atoms with E-state index in [1.54, 1.807) is 6.20 Å². The molecule has 0 spiro atoms. The van der Waals surface area contributed by atoms with Crippen LogP contribution in [0.15, 0.2) is 41.1 Å². The van der Waals surface area contributed by atoms with Gasteiger partial charge in [0.15, 0.2) is 0 Å². The van der Waals surface area contributed by atoms with Gasteiger partial charge in [0.25, 0.3) is 0 Å². The molecule has 0 aromatic rings. The van der Waals surface area contributed by atoms with Gasteiger partial charge in [-0.1, -0.05) is 24.3 Å². The lowest BCUT2D eigenvalue weighted by Crippen LogP contribution is -1.93. The summed E-state index contributed by atoms with van der Waals surface area (Å²) in [5, 5.41) is 0. The molecule has 0 unspecified atom stereocenters. The van der Waals surface area contributed by atoms with Gasteiger partial charge >= 0.3 is 0 Å². The summed E-state index contributed by atoms with van der Waals surface area (Å²) in [4.78, 5) is 4.13. The molecule has 0 aromatic heterocycles. The van der Waals surface area contributed by atoms with Crippen LogP contribution in [0.1, 0.15) is 20.3 Å². The largest absolute Gasteiger partial charge is 0.262 e. The summed E-state index contributed by atoms with van der Waals surface area (Å²) in [5.41, 5.74) is 3.73. The van der Waals surface area contributed by atoms with E-state index in [1.165, 1.54) is 11.1 Å². The maximum atomic E-state index is 4.13. The van der Waals surface area contributed by atoms with Crippen LogP contribution in [0, 0.1) is 0 Å². The van der Waals surface area contributed by atoms with E-state index in [-0.39, 0.29) is 0 Å². The Kier molecular flexibility index (Phi) is 2.42. The van der Waals surface area contributed by atoms with Gasteiger partial charge in [0.2, 0.25) is 0 Å². The molecule has 0 aliphatic heterocycles. The summed E-state index contributed by atoms with van der Waals surface area (Å²) >= 11 is 0. The van der Waals surface area contributed by atoms with E-state index in [1.807, 2.05) is 6.92 Å². The molecule has 0 fully saturated rings. The standard InChI is InChI=1S/C10H13N/c1-4-11-9(3)10-7-5-6-8(10)2/h4-5,7H,1,6H2,2-3H3. The molecule has 0 amide bonds. The Hall–Kier alpha value is -1.11. The van der Waals surface area contributed by atoms with Gasteiger partial charge in [0.05, 0.1) is 0 Å². The van der Waals surface area contributed by atoms with Crippen LogP contribution in [0.5, 0.6) is 0 Å². The Labute approximate surface area is 67.8 Å². The highest BCUT2D eigenvalue weighted by molar-refractivity contribution is 6.02. The van der Waals surface area contributed by atoms with E-state index >= 15 is 0 Å². The molecule has 1 rings (SSSR count). The zero-order valence-corrected chi connectivity index (χ0v) is 7.09. The van der Waals surface area contributed by atoms with E-state index in [9.17, 15) is 0 Å². The molecule has 0 atom stereocenters. The van der Waals surface area contributed by atoms with Crippen LogP contribution in [0.3, 0.4) is 0 Å². The summed E-state index contributed by atoms with van der Waals surface area (Å²) < 4.78 is 0. The molecule has 0 saturated heterocycles. The van der Waals surface area contributed by atoms with Gasteiger partial charge in [-0.25, -0.2) is 0 Å². The lowest BCUT2D eigenvalue weighted by molar-refractivity contribution is 1.24. The van der Waals surface area contributed by atoms with Crippen molar-refractivity contribution in [1.29, 1.82) is 0 Å². The number of allylic oxidation sites excluding steroid dienone is 4. The average molecular weight is 147 g/mol. The predicted octanol–water partition coefficient (Wildman–Crippen LogP) is 2.87. The third-order valence-corrected chi connectivity index (χ3v) is 1.84. The van der Waals surface area contributed by atoms with Crippen molar-refractivity contribution in [1.82, 2.24) is 0 Å². The highest BCUT2D eigenvalue weighted by atomic mass is 14.7. The predicted molar refractivity (Wildman–Crippen MR) is 49.8 cm³/mol. The summed E-state index contributed by atoms with van der Waals surface area (Å²) in [7, 11) is 0. The van der Waals surface area contributed by atoms with Crippen molar-refractivity contribution in [2.24, 2.45) is 4.99 Å². The van der Waals surface area contributed by atoms with Crippen molar-refractivity contribution in [3.8, 4) is 0 Å². The Morgan fingerprint density at radius 3 is 2.91 bits per heavy atom. The van der Waals surface area contributed by atoms with Gasteiger partial charge in [-0.15, -0.1) is 0 Å². The molecule has 0 heterocycles. The van der Waals surface area contributed by atoms with E-state index in [4.69, 9.17) is 0 Å². The second-order valence-electron chi connectivity index (χ2n) is 2.70. The third kappa shape index (κ3) is 1.67. The maximum Gasteiger partial charge on any atom is 0.0444 e. The van der Waals surface area contributed by atoms with Crippen LogP contribution in [-0.4, -0.2) is 5.71 Å². The smallest absolute Gasteiger partial charge is 0.0444 e. The minimum Gasteiger partial charge on any atom is -0.262 e. The zero-order chi connectivity index (χ0) is 8.27. The molecule has 1 nitrogen and oxygen atoms in total. The Morgan fingerprint density at radius 2 is 2.45 bits per heavy atom. The van der Waals surface area contributed by atoms with E-state index in [0.29, 0.717) is 0 Å². The van der Waals surface area contributed by atoms with Crippen molar-refractivity contribution in [2.45, 2.75) is 20.3 Å². The van der Waals surface area contributed by atoms with Crippen molar-refractivity contribution < 1.29 is 0 Å². The number of rotatable bonds is 2. The Bertz CT molecular complexity index is 254. The SMILES string of the molecule is C=CN=C(C)C1=C(C)CC=C1. The highest BCUT2D eigenvalue weighted by Gasteiger charge is 2.05. The fraction of sp³-hybridized carbons (Fsp3) is 0.300. The molecule has 1 aliphatic carbocycles. The Morgan fingerprint density at radius 1 is 1.73 bits per heavy atom. The van der Waals surface area contributed by atoms with Crippen LogP contribution in [-0.2, 0) is 0 Å². The van der Waals surface area contributed by atoms with Gasteiger partial charge in [-0.2, -0.15) is 0 Å². The molecule has 1 aliphatic rings. The molecule has 0 bridgehead atoms. The molecular formula is C10H13N. The molecular weight excluding hydrogens is 134 g/mol. The van der Waals surface area contributed by atoms with Crippen molar-refractivity contribution in [3.63, 3.8) is 0 Å². The first-order valence-corrected chi connectivity index (χ1v) is 3.77. The summed E-state index contributed by atoms with van der Waals surface area (Å²) in [5.74, 6) is 0. The van der Waals surface area contributed by atoms with Crippen LogP contribution in [0.2, 0.25) is 0 Å². The van der Waals surface area contributed by atoms with Gasteiger partial charge < -0.3 is 0 Å². The molecule has 1 heteroatoms. The summed E-state index contributed by atoms with van der Waals surface area (Å²) in [6.45, 7) is 7.71. The van der Waals surface area contributed by atoms with E-state index in [2.05, 4.69) is 30.6 Å². The van der Waals surface area contributed by atoms with Gasteiger partial charge in [-0.05, 0) is 25.8 Å². The molecule has 0 saturated carbocycles. The number of hydrogen-bond acceptors (Lipinski definition) is 1. The topological polar surface area (TPSA) is 12.4 Å².